The van der Waals surface area contributed by atoms with Crippen molar-refractivity contribution < 1.29 is 0 Å². The van der Waals surface area contributed by atoms with E-state index in [0.29, 0.717) is 5.92 Å². The largest absolute Gasteiger partial charge is 0.344 e. The van der Waals surface area contributed by atoms with E-state index in [-0.39, 0.29) is 6.04 Å². The molecule has 0 saturated heterocycles. The summed E-state index contributed by atoms with van der Waals surface area (Å²) >= 11 is 0. The highest BCUT2D eigenvalue weighted by Gasteiger charge is 2.18. The molecule has 0 aliphatic heterocycles. The number of H-pyrrole nitrogens is 1. The lowest BCUT2D eigenvalue weighted by Gasteiger charge is -2.10. The van der Waals surface area contributed by atoms with Gasteiger partial charge in [-0.1, -0.05) is 13.8 Å². The van der Waals surface area contributed by atoms with E-state index in [2.05, 4.69) is 23.8 Å². The highest BCUT2D eigenvalue weighted by atomic mass is 15.0. The van der Waals surface area contributed by atoms with Crippen LogP contribution in [0.2, 0.25) is 0 Å². The third-order valence-electron chi connectivity index (χ3n) is 3.05. The lowest BCUT2D eigenvalue weighted by Crippen LogP contribution is -2.14. The second kappa shape index (κ2) is 4.35. The average Bonchev–Trinajstić information content (AvgIpc) is 2.59. The summed E-state index contributed by atoms with van der Waals surface area (Å²) in [5.74, 6) is 1.62. The Morgan fingerprint density at radius 3 is 2.73 bits per heavy atom. The summed E-state index contributed by atoms with van der Waals surface area (Å²) in [7, 11) is 0. The van der Waals surface area contributed by atoms with Crippen molar-refractivity contribution in [2.75, 3.05) is 0 Å². The highest BCUT2D eigenvalue weighted by molar-refractivity contribution is 5.18. The Hall–Kier alpha value is -0.830. The van der Waals surface area contributed by atoms with Crippen LogP contribution in [0.4, 0.5) is 0 Å². The summed E-state index contributed by atoms with van der Waals surface area (Å²) in [6, 6.07) is 0.0793. The van der Waals surface area contributed by atoms with Crippen molar-refractivity contribution in [1.29, 1.82) is 0 Å². The Bertz CT molecular complexity index is 304. The molecule has 3 heteroatoms. The van der Waals surface area contributed by atoms with Gasteiger partial charge >= 0.3 is 0 Å². The minimum Gasteiger partial charge on any atom is -0.344 e. The van der Waals surface area contributed by atoms with Gasteiger partial charge < -0.3 is 10.7 Å². The van der Waals surface area contributed by atoms with Crippen molar-refractivity contribution >= 4 is 0 Å². The van der Waals surface area contributed by atoms with Gasteiger partial charge in [0.2, 0.25) is 0 Å². The van der Waals surface area contributed by atoms with Crippen LogP contribution < -0.4 is 5.73 Å². The number of aryl methyl sites for hydroxylation is 2. The van der Waals surface area contributed by atoms with Gasteiger partial charge in [0.05, 0.1) is 11.7 Å². The monoisotopic (exact) mass is 207 g/mol. The number of nitrogens with two attached hydrogens (primary N) is 1. The molecule has 0 amide bonds. The van der Waals surface area contributed by atoms with Crippen LogP contribution in [0.25, 0.3) is 0 Å². The molecule has 84 valence electrons. The van der Waals surface area contributed by atoms with Gasteiger partial charge in [-0.05, 0) is 38.0 Å². The predicted octanol–water partition coefficient (Wildman–Crippen LogP) is 2.33. The molecule has 1 aliphatic carbocycles. The van der Waals surface area contributed by atoms with Crippen LogP contribution in [0.3, 0.4) is 0 Å². The van der Waals surface area contributed by atoms with Crippen LogP contribution in [-0.4, -0.2) is 9.97 Å². The normalized spacial score (nSPS) is 17.9. The average molecular weight is 207 g/mol. The maximum Gasteiger partial charge on any atom is 0.123 e. The minimum atomic E-state index is 0.0793. The fourth-order valence-corrected chi connectivity index (χ4v) is 2.27. The van der Waals surface area contributed by atoms with E-state index in [9.17, 15) is 0 Å². The fraction of sp³-hybridized carbons (Fsp3) is 0.750. The van der Waals surface area contributed by atoms with Gasteiger partial charge in [0.25, 0.3) is 0 Å². The molecule has 0 unspecified atom stereocenters. The Morgan fingerprint density at radius 1 is 1.33 bits per heavy atom. The van der Waals surface area contributed by atoms with E-state index in [4.69, 9.17) is 5.73 Å². The number of fused-ring (bicyclic) bond motifs is 1. The minimum absolute atomic E-state index is 0.0793. The maximum absolute atomic E-state index is 6.11. The topological polar surface area (TPSA) is 54.7 Å². The van der Waals surface area contributed by atoms with Crippen LogP contribution in [0.5, 0.6) is 0 Å². The van der Waals surface area contributed by atoms with E-state index in [1.165, 1.54) is 24.2 Å². The predicted molar refractivity (Wildman–Crippen MR) is 61.6 cm³/mol. The van der Waals surface area contributed by atoms with E-state index >= 15 is 0 Å². The van der Waals surface area contributed by atoms with E-state index < -0.39 is 0 Å². The molecule has 0 fully saturated rings. The number of aromatic amines is 1. The van der Waals surface area contributed by atoms with E-state index in [1.54, 1.807) is 0 Å². The molecule has 1 atom stereocenters. The van der Waals surface area contributed by atoms with Crippen LogP contribution in [0.1, 0.15) is 56.4 Å². The molecule has 15 heavy (non-hydrogen) atoms. The van der Waals surface area contributed by atoms with Gasteiger partial charge in [0.15, 0.2) is 0 Å². The quantitative estimate of drug-likeness (QED) is 0.799. The van der Waals surface area contributed by atoms with Crippen molar-refractivity contribution in [3.05, 3.63) is 17.2 Å². The van der Waals surface area contributed by atoms with Gasteiger partial charge in [-0.2, -0.15) is 0 Å². The number of hydrogen-bond acceptors (Lipinski definition) is 2. The number of hydrogen-bond donors (Lipinski definition) is 2. The molecule has 0 bridgehead atoms. The lowest BCUT2D eigenvalue weighted by molar-refractivity contribution is 0.495. The van der Waals surface area contributed by atoms with Crippen LogP contribution in [-0.2, 0) is 12.8 Å². The molecule has 1 aromatic heterocycles. The van der Waals surface area contributed by atoms with Crippen LogP contribution in [0.15, 0.2) is 0 Å². The van der Waals surface area contributed by atoms with Gasteiger partial charge in [0, 0.05) is 5.69 Å². The molecular formula is C12H21N3. The summed E-state index contributed by atoms with van der Waals surface area (Å²) in [5, 5.41) is 0. The Balaban J connectivity index is 2.11. The van der Waals surface area contributed by atoms with Crippen molar-refractivity contribution in [2.45, 2.75) is 52.0 Å². The fourth-order valence-electron chi connectivity index (χ4n) is 2.27. The number of imidazole rings is 1. The first-order valence-corrected chi connectivity index (χ1v) is 6.00. The molecule has 0 aromatic carbocycles. The smallest absolute Gasteiger partial charge is 0.123 e. The number of aromatic nitrogens is 2. The zero-order valence-electron chi connectivity index (χ0n) is 9.71. The molecule has 0 spiro atoms. The van der Waals surface area contributed by atoms with Crippen molar-refractivity contribution in [3.63, 3.8) is 0 Å². The molecular weight excluding hydrogens is 186 g/mol. The zero-order chi connectivity index (χ0) is 10.8. The Morgan fingerprint density at radius 2 is 2.07 bits per heavy atom. The number of rotatable bonds is 3. The van der Waals surface area contributed by atoms with Crippen LogP contribution >= 0.6 is 0 Å². The van der Waals surface area contributed by atoms with Crippen molar-refractivity contribution in [3.8, 4) is 0 Å². The first-order valence-electron chi connectivity index (χ1n) is 6.00. The summed E-state index contributed by atoms with van der Waals surface area (Å²) in [5.41, 5.74) is 8.70. The molecule has 2 rings (SSSR count). The zero-order valence-corrected chi connectivity index (χ0v) is 9.71. The second-order valence-electron chi connectivity index (χ2n) is 4.99. The van der Waals surface area contributed by atoms with Gasteiger partial charge in [-0.15, -0.1) is 0 Å². The molecule has 0 saturated carbocycles. The van der Waals surface area contributed by atoms with E-state index in [1.807, 2.05) is 0 Å². The third-order valence-corrected chi connectivity index (χ3v) is 3.05. The highest BCUT2D eigenvalue weighted by Crippen LogP contribution is 2.23. The number of nitrogens with zero attached hydrogens (tertiary/aromatic N) is 1. The van der Waals surface area contributed by atoms with Crippen molar-refractivity contribution in [1.82, 2.24) is 9.97 Å². The van der Waals surface area contributed by atoms with E-state index in [0.717, 1.165) is 25.1 Å². The summed E-state index contributed by atoms with van der Waals surface area (Å²) in [4.78, 5) is 8.03. The lowest BCUT2D eigenvalue weighted by atomic mass is 10.0. The Kier molecular flexibility index (Phi) is 3.10. The molecule has 3 nitrogen and oxygen atoms in total. The number of nitrogens with one attached hydrogen (secondary N) is 1. The third kappa shape index (κ3) is 2.40. The van der Waals surface area contributed by atoms with Gasteiger partial charge in [-0.3, -0.25) is 0 Å². The van der Waals surface area contributed by atoms with Gasteiger partial charge in [0.1, 0.15) is 5.82 Å². The molecule has 1 aliphatic rings. The summed E-state index contributed by atoms with van der Waals surface area (Å²) in [6.07, 6.45) is 5.84. The van der Waals surface area contributed by atoms with Crippen LogP contribution in [0, 0.1) is 5.92 Å². The second-order valence-corrected chi connectivity index (χ2v) is 4.99. The standard InChI is InChI=1S/C12H21N3/c1-8(2)7-9(13)12-14-10-5-3-4-6-11(10)15-12/h8-9H,3-7,13H2,1-2H3,(H,14,15)/t9-/m1/s1. The summed E-state index contributed by atoms with van der Waals surface area (Å²) < 4.78 is 0. The molecule has 1 heterocycles. The van der Waals surface area contributed by atoms with Crippen molar-refractivity contribution in [2.24, 2.45) is 11.7 Å². The summed E-state index contributed by atoms with van der Waals surface area (Å²) in [6.45, 7) is 4.39. The molecule has 0 radical (unpaired) electrons. The molecule has 3 N–H and O–H groups in total. The Labute approximate surface area is 91.5 Å². The molecule has 1 aromatic rings. The first-order chi connectivity index (χ1) is 7.16. The first kappa shape index (κ1) is 10.7. The SMILES string of the molecule is CC(C)C[C@@H](N)c1nc2c([nH]1)CCCC2. The maximum atomic E-state index is 6.11. The van der Waals surface area contributed by atoms with Gasteiger partial charge in [-0.25, -0.2) is 4.98 Å².